The molecule has 1 saturated heterocycles. The molecule has 3 N–H and O–H groups in total. The first-order valence-electron chi connectivity index (χ1n) is 15.1. The van der Waals surface area contributed by atoms with Crippen LogP contribution < -0.4 is 19.9 Å². The van der Waals surface area contributed by atoms with Gasteiger partial charge in [0.15, 0.2) is 0 Å². The van der Waals surface area contributed by atoms with Gasteiger partial charge in [0.25, 0.3) is 0 Å². The van der Waals surface area contributed by atoms with Gasteiger partial charge in [-0.15, -0.1) is 0 Å². The van der Waals surface area contributed by atoms with Crippen LogP contribution in [0.1, 0.15) is 21.5 Å². The highest BCUT2D eigenvalue weighted by Crippen LogP contribution is 2.47. The second kappa shape index (κ2) is 15.9. The van der Waals surface area contributed by atoms with E-state index >= 15 is 0 Å². The quantitative estimate of drug-likeness (QED) is 0.180. The predicted molar refractivity (Wildman–Crippen MR) is 187 cm³/mol. The number of nitrogen functional groups attached to an aromatic ring is 1. The number of aromatic nitrogens is 3. The van der Waals surface area contributed by atoms with E-state index in [1.807, 2.05) is 24.4 Å². The zero-order chi connectivity index (χ0) is 34.2. The monoisotopic (exact) mass is 690 g/mol. The first kappa shape index (κ1) is 34.6. The summed E-state index contributed by atoms with van der Waals surface area (Å²) in [6.07, 6.45) is 4.77. The zero-order valence-corrected chi connectivity index (χ0v) is 28.3. The summed E-state index contributed by atoms with van der Waals surface area (Å²) in [4.78, 5) is 29.0. The fourth-order valence-corrected chi connectivity index (χ4v) is 6.14. The first-order chi connectivity index (χ1) is 23.2. The van der Waals surface area contributed by atoms with Crippen LogP contribution in [0.4, 0.5) is 5.82 Å². The number of nitrogens with two attached hydrogens (primary N) is 1. The molecular weight excluding hydrogens is 655 g/mol. The molecule has 0 spiro atoms. The number of carbonyl (C=O) groups is 1. The number of carboxylic acids is 1. The molecular formula is C35H36Cl2N6O5. The predicted octanol–water partition coefficient (Wildman–Crippen LogP) is 6.31. The smallest absolute Gasteiger partial charge is 0.337 e. The topological polar surface area (TPSA) is 136 Å². The fourth-order valence-electron chi connectivity index (χ4n) is 5.44. The van der Waals surface area contributed by atoms with Crippen molar-refractivity contribution in [3.8, 4) is 28.4 Å². The molecule has 3 heterocycles. The number of methoxy groups -OCH3 is 3. The van der Waals surface area contributed by atoms with Gasteiger partial charge in [0.05, 0.1) is 42.5 Å². The zero-order valence-electron chi connectivity index (χ0n) is 26.8. The van der Waals surface area contributed by atoms with Crippen LogP contribution in [0.25, 0.3) is 22.2 Å². The summed E-state index contributed by atoms with van der Waals surface area (Å²) in [5.41, 5.74) is 9.79. The number of benzene rings is 3. The number of rotatable bonds is 9. The number of anilines is 1. The lowest BCUT2D eigenvalue weighted by atomic mass is 10.00. The average molecular weight is 692 g/mol. The van der Waals surface area contributed by atoms with E-state index in [4.69, 9.17) is 43.1 Å². The van der Waals surface area contributed by atoms with E-state index < -0.39 is 5.97 Å². The van der Waals surface area contributed by atoms with Gasteiger partial charge in [-0.25, -0.2) is 9.78 Å². The maximum absolute atomic E-state index is 11.4. The Bertz CT molecular complexity index is 1840. The minimum atomic E-state index is -1.10. The highest BCUT2D eigenvalue weighted by Gasteiger charge is 2.23. The van der Waals surface area contributed by atoms with Crippen LogP contribution >= 0.6 is 23.2 Å². The van der Waals surface area contributed by atoms with E-state index in [1.54, 1.807) is 19.2 Å². The van der Waals surface area contributed by atoms with E-state index in [2.05, 4.69) is 43.0 Å². The van der Waals surface area contributed by atoms with Crippen molar-refractivity contribution in [2.24, 2.45) is 0 Å². The Morgan fingerprint density at radius 3 is 1.85 bits per heavy atom. The standard InChI is InChI=1S/C18H24N4O.C17H12Cl2N2O4/c1-23-17-5-2-15(3-6-17)13-21-8-10-22(11-9-21)14-16-4-7-18(19)20-12-16;1-24-10-7-11(25-2)14(19)12(13(10)18)8-3-4-9(17(22)23)16-15(8)20-5-6-21-16/h2-7,12H,8-11,13-14H2,1H3,(H2,19,20);3-7H,1-2H3,(H,22,23). The number of pyridine rings is 1. The van der Waals surface area contributed by atoms with E-state index in [0.717, 1.165) is 45.0 Å². The molecule has 13 heteroatoms. The van der Waals surface area contributed by atoms with Crippen molar-refractivity contribution in [2.45, 2.75) is 13.1 Å². The van der Waals surface area contributed by atoms with Crippen LogP contribution in [-0.2, 0) is 13.1 Å². The lowest BCUT2D eigenvalue weighted by Crippen LogP contribution is -2.45. The molecule has 0 aliphatic carbocycles. The molecule has 3 aromatic carbocycles. The normalized spacial score (nSPS) is 13.4. The van der Waals surface area contributed by atoms with Crippen LogP contribution in [0, 0.1) is 0 Å². The lowest BCUT2D eigenvalue weighted by molar-refractivity contribution is 0.0698. The summed E-state index contributed by atoms with van der Waals surface area (Å²) in [5.74, 6) is 1.14. The minimum Gasteiger partial charge on any atom is -0.497 e. The molecule has 0 atom stereocenters. The number of carboxylic acid groups (broad SMARTS) is 1. The summed E-state index contributed by atoms with van der Waals surface area (Å²) in [6.45, 7) is 6.30. The molecule has 5 aromatic rings. The molecule has 0 unspecified atom stereocenters. The van der Waals surface area contributed by atoms with Crippen molar-refractivity contribution in [3.63, 3.8) is 0 Å². The first-order valence-corrected chi connectivity index (χ1v) is 15.8. The van der Waals surface area contributed by atoms with Crippen molar-refractivity contribution in [2.75, 3.05) is 53.2 Å². The number of nitrogens with zero attached hydrogens (tertiary/aromatic N) is 5. The van der Waals surface area contributed by atoms with Crippen LogP contribution in [-0.4, -0.2) is 83.3 Å². The number of hydrogen-bond donors (Lipinski definition) is 2. The Kier molecular flexibility index (Phi) is 11.5. The molecule has 0 bridgehead atoms. The molecule has 11 nitrogen and oxygen atoms in total. The number of halogens is 2. The van der Waals surface area contributed by atoms with Crippen LogP contribution in [0.3, 0.4) is 0 Å². The third-order valence-corrected chi connectivity index (χ3v) is 8.73. The fraction of sp³-hybridized carbons (Fsp3) is 0.257. The molecule has 1 aliphatic heterocycles. The van der Waals surface area contributed by atoms with Gasteiger partial charge in [0, 0.05) is 75.1 Å². The summed E-state index contributed by atoms with van der Waals surface area (Å²) < 4.78 is 15.8. The van der Waals surface area contributed by atoms with E-state index in [1.165, 1.54) is 43.8 Å². The second-order valence-electron chi connectivity index (χ2n) is 11.0. The van der Waals surface area contributed by atoms with E-state index in [-0.39, 0.29) is 21.1 Å². The number of fused-ring (bicyclic) bond motifs is 1. The van der Waals surface area contributed by atoms with Crippen LogP contribution in [0.5, 0.6) is 17.2 Å². The van der Waals surface area contributed by atoms with Gasteiger partial charge in [-0.3, -0.25) is 19.8 Å². The summed E-state index contributed by atoms with van der Waals surface area (Å²) in [7, 11) is 4.65. The molecule has 6 rings (SSSR count). The van der Waals surface area contributed by atoms with Gasteiger partial charge in [-0.1, -0.05) is 47.5 Å². The van der Waals surface area contributed by atoms with Crippen molar-refractivity contribution in [1.82, 2.24) is 24.8 Å². The van der Waals surface area contributed by atoms with Crippen LogP contribution in [0.15, 0.2) is 73.2 Å². The SMILES string of the molecule is COc1cc(OC)c(Cl)c(-c2ccc(C(=O)O)c3nccnc23)c1Cl.COc1ccc(CN2CCN(Cc3ccc(N)nc3)CC2)cc1. The minimum absolute atomic E-state index is 0.0361. The van der Waals surface area contributed by atoms with Crippen molar-refractivity contribution in [3.05, 3.63) is 99.9 Å². The molecule has 250 valence electrons. The Balaban J connectivity index is 0.000000188. The number of hydrogen-bond acceptors (Lipinski definition) is 10. The lowest BCUT2D eigenvalue weighted by Gasteiger charge is -2.34. The molecule has 1 fully saturated rings. The van der Waals surface area contributed by atoms with Crippen molar-refractivity contribution in [1.29, 1.82) is 0 Å². The van der Waals surface area contributed by atoms with Crippen molar-refractivity contribution >= 4 is 46.0 Å². The maximum Gasteiger partial charge on any atom is 0.337 e. The second-order valence-corrected chi connectivity index (χ2v) is 11.8. The third-order valence-electron chi connectivity index (χ3n) is 7.98. The van der Waals surface area contributed by atoms with Crippen LogP contribution in [0.2, 0.25) is 10.0 Å². The number of ether oxygens (including phenoxy) is 3. The summed E-state index contributed by atoms with van der Waals surface area (Å²) >= 11 is 12.9. The molecule has 48 heavy (non-hydrogen) atoms. The van der Waals surface area contributed by atoms with Gasteiger partial charge in [0.2, 0.25) is 0 Å². The van der Waals surface area contributed by atoms with E-state index in [9.17, 15) is 9.90 Å². The maximum atomic E-state index is 11.4. The van der Waals surface area contributed by atoms with Gasteiger partial charge in [0.1, 0.15) is 28.6 Å². The molecule has 0 saturated carbocycles. The van der Waals surface area contributed by atoms with Gasteiger partial charge in [-0.2, -0.15) is 0 Å². The Morgan fingerprint density at radius 1 is 0.771 bits per heavy atom. The summed E-state index contributed by atoms with van der Waals surface area (Å²) in [5, 5.41) is 9.89. The van der Waals surface area contributed by atoms with E-state index in [0.29, 0.717) is 34.0 Å². The van der Waals surface area contributed by atoms with Crippen molar-refractivity contribution < 1.29 is 24.1 Å². The highest BCUT2D eigenvalue weighted by molar-refractivity contribution is 6.41. The average Bonchev–Trinajstić information content (AvgIpc) is 3.11. The Morgan fingerprint density at radius 2 is 1.33 bits per heavy atom. The molecule has 0 radical (unpaired) electrons. The molecule has 1 aliphatic rings. The van der Waals surface area contributed by atoms with Gasteiger partial charge in [-0.05, 0) is 35.4 Å². The number of piperazine rings is 1. The largest absolute Gasteiger partial charge is 0.497 e. The molecule has 0 amide bonds. The third kappa shape index (κ3) is 8.06. The van der Waals surface area contributed by atoms with Gasteiger partial charge >= 0.3 is 5.97 Å². The Labute approximate surface area is 288 Å². The van der Waals surface area contributed by atoms with Gasteiger partial charge < -0.3 is 25.1 Å². The summed E-state index contributed by atoms with van der Waals surface area (Å²) in [6, 6.07) is 16.9. The molecule has 2 aromatic heterocycles. The number of aromatic carboxylic acids is 1. The Hall–Kier alpha value is -4.68. The highest BCUT2D eigenvalue weighted by atomic mass is 35.5.